The molecule has 0 atom stereocenters. The van der Waals surface area contributed by atoms with Crippen molar-refractivity contribution in [2.45, 2.75) is 13.3 Å². The van der Waals surface area contributed by atoms with E-state index in [1.54, 1.807) is 6.20 Å². The van der Waals surface area contributed by atoms with Crippen LogP contribution in [0.4, 0.5) is 0 Å². The molecule has 0 saturated heterocycles. The molecule has 3 nitrogen and oxygen atoms in total. The van der Waals surface area contributed by atoms with Crippen molar-refractivity contribution in [3.63, 3.8) is 0 Å². The molecule has 0 aliphatic carbocycles. The Labute approximate surface area is 49.1 Å². The molecule has 0 unspecified atom stereocenters. The third-order valence-electron chi connectivity index (χ3n) is 0.735. The van der Waals surface area contributed by atoms with Gasteiger partial charge in [0.15, 0.2) is 0 Å². The van der Waals surface area contributed by atoms with E-state index in [1.165, 1.54) is 6.34 Å². The molecule has 3 heteroatoms. The minimum Gasteiger partial charge on any atom is -0.401 e. The van der Waals surface area contributed by atoms with Gasteiger partial charge >= 0.3 is 0 Å². The monoisotopic (exact) mass is 113 g/mol. The van der Waals surface area contributed by atoms with Crippen LogP contribution in [0.2, 0.25) is 0 Å². The predicted molar refractivity (Wildman–Crippen MR) is 35.2 cm³/mol. The largest absolute Gasteiger partial charge is 0.401 e. The first-order chi connectivity index (χ1) is 3.81. The minimum atomic E-state index is 0.742. The number of aliphatic imine (C=N–C) groups is 1. The first-order valence-electron chi connectivity index (χ1n) is 2.49. The first kappa shape index (κ1) is 7.01. The molecule has 0 aromatic heterocycles. The second-order valence-electron chi connectivity index (χ2n) is 1.36. The van der Waals surface area contributed by atoms with Crippen LogP contribution < -0.4 is 11.5 Å². The topological polar surface area (TPSA) is 64.4 Å². The van der Waals surface area contributed by atoms with Crippen LogP contribution in [0.3, 0.4) is 0 Å². The Morgan fingerprint density at radius 1 is 1.75 bits per heavy atom. The zero-order valence-corrected chi connectivity index (χ0v) is 4.96. The highest BCUT2D eigenvalue weighted by molar-refractivity contribution is 5.52. The molecule has 0 aromatic carbocycles. The summed E-state index contributed by atoms with van der Waals surface area (Å²) in [6.45, 7) is 1.96. The molecular weight excluding hydrogens is 102 g/mol. The Bertz CT molecular complexity index is 104. The van der Waals surface area contributed by atoms with E-state index in [0.717, 1.165) is 12.1 Å². The van der Waals surface area contributed by atoms with Gasteiger partial charge < -0.3 is 11.5 Å². The maximum Gasteiger partial charge on any atom is 0.0853 e. The Kier molecular flexibility index (Phi) is 3.66. The molecule has 46 valence electrons. The SMILES string of the molecule is CC/C(N)=C\N=C\N. The number of nitrogens with two attached hydrogens (primary N) is 2. The summed E-state index contributed by atoms with van der Waals surface area (Å²) in [5, 5.41) is 0. The summed E-state index contributed by atoms with van der Waals surface area (Å²) in [7, 11) is 0. The van der Waals surface area contributed by atoms with E-state index in [9.17, 15) is 0 Å². The van der Waals surface area contributed by atoms with Crippen molar-refractivity contribution < 1.29 is 0 Å². The van der Waals surface area contributed by atoms with Gasteiger partial charge in [0.05, 0.1) is 6.34 Å². The third kappa shape index (κ3) is 3.21. The van der Waals surface area contributed by atoms with Crippen LogP contribution >= 0.6 is 0 Å². The number of hydrogen-bond acceptors (Lipinski definition) is 2. The van der Waals surface area contributed by atoms with Crippen molar-refractivity contribution in [3.8, 4) is 0 Å². The molecule has 0 radical (unpaired) electrons. The predicted octanol–water partition coefficient (Wildman–Crippen LogP) is 0.184. The van der Waals surface area contributed by atoms with E-state index in [2.05, 4.69) is 4.99 Å². The fourth-order valence-corrected chi connectivity index (χ4v) is 0.230. The molecule has 0 bridgehead atoms. The van der Waals surface area contributed by atoms with Crippen molar-refractivity contribution >= 4 is 6.34 Å². The second-order valence-corrected chi connectivity index (χ2v) is 1.36. The van der Waals surface area contributed by atoms with Crippen molar-refractivity contribution in [1.29, 1.82) is 0 Å². The summed E-state index contributed by atoms with van der Waals surface area (Å²) < 4.78 is 0. The first-order valence-corrected chi connectivity index (χ1v) is 2.49. The fourth-order valence-electron chi connectivity index (χ4n) is 0.230. The normalized spacial score (nSPS) is 12.9. The highest BCUT2D eigenvalue weighted by atomic mass is 14.8. The summed E-state index contributed by atoms with van der Waals surface area (Å²) in [6, 6.07) is 0. The van der Waals surface area contributed by atoms with E-state index in [4.69, 9.17) is 11.5 Å². The molecule has 0 spiro atoms. The van der Waals surface area contributed by atoms with Crippen LogP contribution in [-0.4, -0.2) is 6.34 Å². The quantitative estimate of drug-likeness (QED) is 0.396. The maximum atomic E-state index is 5.35. The molecule has 0 aromatic rings. The standard InChI is InChI=1S/C5H11N3/c1-2-5(7)3-8-4-6/h3-4H,2,7H2,1H3,(H2,6,8)/b5-3+. The van der Waals surface area contributed by atoms with Crippen LogP contribution in [0.5, 0.6) is 0 Å². The lowest BCUT2D eigenvalue weighted by molar-refractivity contribution is 1.06. The van der Waals surface area contributed by atoms with E-state index >= 15 is 0 Å². The molecule has 8 heavy (non-hydrogen) atoms. The number of allylic oxidation sites excluding steroid dienone is 1. The van der Waals surface area contributed by atoms with Gasteiger partial charge in [-0.1, -0.05) is 6.92 Å². The van der Waals surface area contributed by atoms with E-state index in [-0.39, 0.29) is 0 Å². The number of hydrogen-bond donors (Lipinski definition) is 2. The lowest BCUT2D eigenvalue weighted by Crippen LogP contribution is -1.94. The molecular formula is C5H11N3. The number of rotatable bonds is 2. The van der Waals surface area contributed by atoms with Crippen molar-refractivity contribution in [2.24, 2.45) is 16.5 Å². The Balaban J connectivity index is 3.57. The van der Waals surface area contributed by atoms with Crippen LogP contribution in [0.25, 0.3) is 0 Å². The van der Waals surface area contributed by atoms with E-state index < -0.39 is 0 Å². The van der Waals surface area contributed by atoms with Crippen LogP contribution in [-0.2, 0) is 0 Å². The van der Waals surface area contributed by atoms with Crippen LogP contribution in [0.1, 0.15) is 13.3 Å². The molecule has 0 saturated carbocycles. The molecule has 0 rings (SSSR count). The average molecular weight is 113 g/mol. The molecule has 0 amide bonds. The average Bonchev–Trinajstić information content (AvgIpc) is 1.83. The zero-order chi connectivity index (χ0) is 6.41. The van der Waals surface area contributed by atoms with Gasteiger partial charge in [-0.2, -0.15) is 0 Å². The van der Waals surface area contributed by atoms with Gasteiger partial charge in [-0.3, -0.25) is 0 Å². The molecule has 0 heterocycles. The summed E-state index contributed by atoms with van der Waals surface area (Å²) in [6.07, 6.45) is 3.57. The van der Waals surface area contributed by atoms with Crippen molar-refractivity contribution in [1.82, 2.24) is 0 Å². The van der Waals surface area contributed by atoms with E-state index in [1.807, 2.05) is 6.92 Å². The smallest absolute Gasteiger partial charge is 0.0853 e. The van der Waals surface area contributed by atoms with Gasteiger partial charge in [-0.15, -0.1) is 0 Å². The van der Waals surface area contributed by atoms with Gasteiger partial charge in [-0.05, 0) is 6.42 Å². The summed E-state index contributed by atoms with van der Waals surface area (Å²) in [4.78, 5) is 3.61. The number of nitrogens with zero attached hydrogens (tertiary/aromatic N) is 1. The Morgan fingerprint density at radius 2 is 2.38 bits per heavy atom. The van der Waals surface area contributed by atoms with Gasteiger partial charge in [-0.25, -0.2) is 4.99 Å². The van der Waals surface area contributed by atoms with Crippen molar-refractivity contribution in [3.05, 3.63) is 11.9 Å². The Morgan fingerprint density at radius 3 is 2.75 bits per heavy atom. The van der Waals surface area contributed by atoms with Gasteiger partial charge in [0.1, 0.15) is 0 Å². The molecule has 0 aliphatic rings. The lowest BCUT2D eigenvalue weighted by atomic mass is 10.4. The van der Waals surface area contributed by atoms with Gasteiger partial charge in [0, 0.05) is 11.9 Å². The minimum absolute atomic E-state index is 0.742. The van der Waals surface area contributed by atoms with Crippen LogP contribution in [0, 0.1) is 0 Å². The Hall–Kier alpha value is -0.990. The maximum absolute atomic E-state index is 5.35. The van der Waals surface area contributed by atoms with Crippen molar-refractivity contribution in [2.75, 3.05) is 0 Å². The summed E-state index contributed by atoms with van der Waals surface area (Å²) in [5.41, 5.74) is 11.0. The van der Waals surface area contributed by atoms with Crippen LogP contribution in [0.15, 0.2) is 16.9 Å². The molecule has 0 fully saturated rings. The van der Waals surface area contributed by atoms with Gasteiger partial charge in [0.2, 0.25) is 0 Å². The summed E-state index contributed by atoms with van der Waals surface area (Å²) >= 11 is 0. The molecule has 4 N–H and O–H groups in total. The lowest BCUT2D eigenvalue weighted by Gasteiger charge is -1.87. The van der Waals surface area contributed by atoms with E-state index in [0.29, 0.717) is 0 Å². The molecule has 0 aliphatic heterocycles. The summed E-state index contributed by atoms with van der Waals surface area (Å²) in [5.74, 6) is 0. The second kappa shape index (κ2) is 4.18. The zero-order valence-electron chi connectivity index (χ0n) is 4.96. The highest BCUT2D eigenvalue weighted by Gasteiger charge is 1.77. The highest BCUT2D eigenvalue weighted by Crippen LogP contribution is 1.87. The van der Waals surface area contributed by atoms with Gasteiger partial charge in [0.25, 0.3) is 0 Å². The fraction of sp³-hybridized carbons (Fsp3) is 0.400. The third-order valence-corrected chi connectivity index (χ3v) is 0.735.